The molecule has 4 unspecified atom stereocenters. The van der Waals surface area contributed by atoms with Gasteiger partial charge in [-0.25, -0.2) is 8.78 Å². The van der Waals surface area contributed by atoms with Gasteiger partial charge in [-0.05, 0) is 63.5 Å². The van der Waals surface area contributed by atoms with Gasteiger partial charge >= 0.3 is 0 Å². The molecule has 4 fully saturated rings. The van der Waals surface area contributed by atoms with Gasteiger partial charge in [-0.15, -0.1) is 6.42 Å². The highest BCUT2D eigenvalue weighted by atomic mass is 19.3. The summed E-state index contributed by atoms with van der Waals surface area (Å²) in [7, 11) is 0. The second-order valence-corrected chi connectivity index (χ2v) is 17.7. The Morgan fingerprint density at radius 3 is 2.24 bits per heavy atom. The predicted octanol–water partition coefficient (Wildman–Crippen LogP) is 4.22. The van der Waals surface area contributed by atoms with Crippen LogP contribution in [0.3, 0.4) is 0 Å². The van der Waals surface area contributed by atoms with Crippen molar-refractivity contribution >= 4 is 17.6 Å². The lowest BCUT2D eigenvalue weighted by molar-refractivity contribution is -0.130. The van der Waals surface area contributed by atoms with E-state index >= 15 is 0 Å². The number of nitrogens with one attached hydrogen (secondary N) is 3. The van der Waals surface area contributed by atoms with Gasteiger partial charge in [0.2, 0.25) is 17.7 Å². The summed E-state index contributed by atoms with van der Waals surface area (Å²) < 4.78 is 49.6. The highest BCUT2D eigenvalue weighted by molar-refractivity contribution is 5.84. The van der Waals surface area contributed by atoms with E-state index in [9.17, 15) is 18.4 Å². The van der Waals surface area contributed by atoms with Crippen LogP contribution in [0.15, 0.2) is 35.4 Å². The molecule has 63 heavy (non-hydrogen) atoms. The van der Waals surface area contributed by atoms with Gasteiger partial charge in [0, 0.05) is 95.5 Å². The molecule has 5 aliphatic rings. The number of amides is 2. The minimum atomic E-state index is -2.66. The lowest BCUT2D eigenvalue weighted by Crippen LogP contribution is -2.52. The van der Waals surface area contributed by atoms with Crippen LogP contribution in [0.25, 0.3) is 0 Å². The summed E-state index contributed by atoms with van der Waals surface area (Å²) in [5, 5.41) is 11.2. The minimum absolute atomic E-state index is 0.0207. The standard InChI is InChI=1S/C47H74F2N8O6/c1-3-28-60-30-32-62-34-35-63-33-31-61-29-27-55-25-23-54(24-26-55)21-8-20-50-45(58)14-13-44-53-52-43(4-2)57(44)42-36-39-11-12-41(42)56(39)22-17-40(37-9-6-5-7-10-37)51-46(59)38-15-18-47(48,49)19-16-38/h1,5-7,9-10,38-42,44,53H,4,8,11-36H2,2H3,(H,50,58)(H,51,59)/t39?,40-,41?,42?,44?/m0/s1. The Kier molecular flexibility index (Phi) is 20.2. The van der Waals surface area contributed by atoms with E-state index in [1.807, 2.05) is 30.3 Å². The molecule has 1 aliphatic carbocycles. The SMILES string of the molecule is C#CCOCCOCCOCCOCCN1CCN(CCCNC(=O)CCC2NN=C(CC)N2C2CC3CCC2N3CC[C@H](NC(=O)C2CCC(F)(F)CC2)c2ccccc2)CC1. The van der Waals surface area contributed by atoms with Gasteiger partial charge in [0.05, 0.1) is 52.3 Å². The van der Waals surface area contributed by atoms with Crippen LogP contribution in [0, 0.1) is 18.3 Å². The zero-order valence-electron chi connectivity index (χ0n) is 37.7. The molecule has 4 heterocycles. The lowest BCUT2D eigenvalue weighted by Gasteiger charge is -2.37. The van der Waals surface area contributed by atoms with Gasteiger partial charge in [0.1, 0.15) is 18.6 Å². The third kappa shape index (κ3) is 15.3. The number of fused-ring (bicyclic) bond motifs is 2. The van der Waals surface area contributed by atoms with Crippen molar-refractivity contribution in [3.05, 3.63) is 35.9 Å². The average Bonchev–Trinajstić information content (AvgIpc) is 4.00. The predicted molar refractivity (Wildman–Crippen MR) is 239 cm³/mol. The molecule has 5 atom stereocenters. The summed E-state index contributed by atoms with van der Waals surface area (Å²) in [6.45, 7) is 13.8. The summed E-state index contributed by atoms with van der Waals surface area (Å²) in [5.41, 5.74) is 4.43. The Balaban J connectivity index is 0.843. The number of ether oxygens (including phenoxy) is 4. The summed E-state index contributed by atoms with van der Waals surface area (Å²) >= 11 is 0. The Labute approximate surface area is 374 Å². The van der Waals surface area contributed by atoms with Crippen LogP contribution in [-0.4, -0.2) is 173 Å². The number of alkyl halides is 2. The molecule has 0 spiro atoms. The number of amidine groups is 1. The average molecular weight is 885 g/mol. The van der Waals surface area contributed by atoms with Crippen LogP contribution in [0.1, 0.15) is 95.6 Å². The highest BCUT2D eigenvalue weighted by Crippen LogP contribution is 2.43. The first kappa shape index (κ1) is 49.0. The molecule has 1 saturated carbocycles. The monoisotopic (exact) mass is 885 g/mol. The first-order chi connectivity index (χ1) is 30.7. The number of rotatable bonds is 28. The van der Waals surface area contributed by atoms with E-state index in [0.29, 0.717) is 90.4 Å². The fraction of sp³-hybridized carbons (Fsp3) is 0.766. The molecule has 1 aromatic carbocycles. The highest BCUT2D eigenvalue weighted by Gasteiger charge is 2.51. The Morgan fingerprint density at radius 2 is 1.56 bits per heavy atom. The smallest absolute Gasteiger partial charge is 0.248 e. The maximum atomic E-state index is 13.9. The summed E-state index contributed by atoms with van der Waals surface area (Å²) in [4.78, 5) is 36.5. The number of piperazine rings is 1. The van der Waals surface area contributed by atoms with Gasteiger partial charge in [0.15, 0.2) is 0 Å². The second-order valence-electron chi connectivity index (χ2n) is 17.7. The Bertz CT molecular complexity index is 1590. The van der Waals surface area contributed by atoms with Crippen LogP contribution in [-0.2, 0) is 28.5 Å². The second kappa shape index (κ2) is 25.9. The molecule has 2 amide bonds. The van der Waals surface area contributed by atoms with Crippen molar-refractivity contribution in [1.82, 2.24) is 35.7 Å². The van der Waals surface area contributed by atoms with Crippen molar-refractivity contribution in [2.45, 2.75) is 120 Å². The number of carbonyl (C=O) groups excluding carboxylic acids is 2. The fourth-order valence-electron chi connectivity index (χ4n) is 10.0. The molecule has 4 aliphatic heterocycles. The van der Waals surface area contributed by atoms with Gasteiger partial charge < -0.3 is 39.4 Å². The molecule has 6 rings (SSSR count). The van der Waals surface area contributed by atoms with E-state index < -0.39 is 5.92 Å². The molecule has 16 heteroatoms. The van der Waals surface area contributed by atoms with Gasteiger partial charge in [-0.3, -0.25) is 24.8 Å². The van der Waals surface area contributed by atoms with Crippen molar-refractivity contribution in [3.63, 3.8) is 0 Å². The normalized spacial score (nSPS) is 24.5. The number of hydrogen-bond acceptors (Lipinski definition) is 12. The van der Waals surface area contributed by atoms with Gasteiger partial charge in [-0.2, -0.15) is 5.10 Å². The van der Waals surface area contributed by atoms with Crippen LogP contribution in [0.2, 0.25) is 0 Å². The molecule has 2 bridgehead atoms. The van der Waals surface area contributed by atoms with Crippen LogP contribution >= 0.6 is 0 Å². The number of hydrogen-bond donors (Lipinski definition) is 3. The summed E-state index contributed by atoms with van der Waals surface area (Å²) in [6.07, 6.45) is 12.1. The van der Waals surface area contributed by atoms with Gasteiger partial charge in [-0.1, -0.05) is 43.2 Å². The van der Waals surface area contributed by atoms with E-state index in [-0.39, 0.29) is 55.6 Å². The zero-order valence-corrected chi connectivity index (χ0v) is 37.7. The molecule has 1 aromatic rings. The quantitative estimate of drug-likeness (QED) is 0.0827. The fourth-order valence-corrected chi connectivity index (χ4v) is 10.0. The number of nitrogens with zero attached hydrogens (tertiary/aromatic N) is 5. The van der Waals surface area contributed by atoms with Crippen LogP contribution in [0.4, 0.5) is 8.78 Å². The third-order valence-corrected chi connectivity index (χ3v) is 13.5. The van der Waals surface area contributed by atoms with Crippen molar-refractivity contribution in [3.8, 4) is 12.3 Å². The van der Waals surface area contributed by atoms with Crippen molar-refractivity contribution in [2.75, 3.05) is 105 Å². The van der Waals surface area contributed by atoms with Gasteiger partial charge in [0.25, 0.3) is 0 Å². The molecular formula is C47H74F2N8O6. The molecule has 352 valence electrons. The zero-order chi connectivity index (χ0) is 44.3. The van der Waals surface area contributed by atoms with Crippen LogP contribution < -0.4 is 16.1 Å². The number of hydrazone groups is 1. The maximum Gasteiger partial charge on any atom is 0.248 e. The van der Waals surface area contributed by atoms with E-state index in [0.717, 1.165) is 95.7 Å². The van der Waals surface area contributed by atoms with Crippen molar-refractivity contribution in [1.29, 1.82) is 0 Å². The summed E-state index contributed by atoms with van der Waals surface area (Å²) in [5.74, 6) is 0.425. The Morgan fingerprint density at radius 1 is 0.889 bits per heavy atom. The first-order valence-electron chi connectivity index (χ1n) is 23.8. The minimum Gasteiger partial charge on any atom is -0.378 e. The van der Waals surface area contributed by atoms with E-state index in [4.69, 9.17) is 30.5 Å². The number of terminal acetylenes is 1. The molecule has 3 saturated heterocycles. The first-order valence-corrected chi connectivity index (χ1v) is 23.8. The number of halogens is 2. The molecule has 3 N–H and O–H groups in total. The summed E-state index contributed by atoms with van der Waals surface area (Å²) in [6, 6.07) is 11.0. The number of carbonyl (C=O) groups is 2. The molecule has 0 radical (unpaired) electrons. The topological polar surface area (TPSA) is 132 Å². The number of benzene rings is 1. The molecular weight excluding hydrogens is 811 g/mol. The third-order valence-electron chi connectivity index (χ3n) is 13.5. The largest absolute Gasteiger partial charge is 0.378 e. The van der Waals surface area contributed by atoms with E-state index in [1.165, 1.54) is 0 Å². The van der Waals surface area contributed by atoms with Crippen LogP contribution in [0.5, 0.6) is 0 Å². The Hall–Kier alpha value is -3.43. The van der Waals surface area contributed by atoms with E-state index in [1.54, 1.807) is 0 Å². The van der Waals surface area contributed by atoms with Crippen molar-refractivity contribution in [2.24, 2.45) is 11.0 Å². The molecule has 14 nitrogen and oxygen atoms in total. The molecule has 0 aromatic heterocycles. The maximum absolute atomic E-state index is 13.9. The van der Waals surface area contributed by atoms with Crippen molar-refractivity contribution < 1.29 is 37.3 Å². The lowest BCUT2D eigenvalue weighted by atomic mass is 9.86. The van der Waals surface area contributed by atoms with E-state index in [2.05, 4.69) is 48.5 Å².